The topological polar surface area (TPSA) is 96.1 Å². The average molecular weight is 293 g/mol. The van der Waals surface area contributed by atoms with Crippen LogP contribution in [0.2, 0.25) is 0 Å². The summed E-state index contributed by atoms with van der Waals surface area (Å²) in [7, 11) is 0. The van der Waals surface area contributed by atoms with Crippen LogP contribution in [0.15, 0.2) is 24.3 Å². The first kappa shape index (κ1) is 15.1. The lowest BCUT2D eigenvalue weighted by Crippen LogP contribution is -2.46. The van der Waals surface area contributed by atoms with Gasteiger partial charge in [0.2, 0.25) is 5.91 Å². The largest absolute Gasteiger partial charge is 0.480 e. The number of rotatable bonds is 5. The Labute approximate surface area is 122 Å². The smallest absolute Gasteiger partial charge is 0.323 e. The highest BCUT2D eigenvalue weighted by atomic mass is 16.5. The van der Waals surface area contributed by atoms with Gasteiger partial charge < -0.3 is 25.4 Å². The van der Waals surface area contributed by atoms with E-state index in [-0.39, 0.29) is 19.0 Å². The molecule has 0 unspecified atom stereocenters. The molecule has 21 heavy (non-hydrogen) atoms. The molecule has 1 heterocycles. The van der Waals surface area contributed by atoms with Gasteiger partial charge in [-0.1, -0.05) is 12.1 Å². The van der Waals surface area contributed by atoms with Crippen molar-refractivity contribution in [3.8, 4) is 0 Å². The van der Waals surface area contributed by atoms with E-state index in [1.54, 1.807) is 29.2 Å². The van der Waals surface area contributed by atoms with E-state index in [0.29, 0.717) is 37.7 Å². The van der Waals surface area contributed by atoms with Crippen molar-refractivity contribution in [3.05, 3.63) is 24.3 Å². The Hall–Kier alpha value is -2.28. The highest BCUT2D eigenvalue weighted by Crippen LogP contribution is 2.22. The summed E-state index contributed by atoms with van der Waals surface area (Å²) in [6.07, 6.45) is 0. The minimum atomic E-state index is -1.01. The maximum atomic E-state index is 12.3. The van der Waals surface area contributed by atoms with Crippen molar-refractivity contribution in [2.75, 3.05) is 50.0 Å². The Bertz CT molecular complexity index is 515. The number of hydrogen-bond donors (Lipinski definition) is 2. The lowest BCUT2D eigenvalue weighted by Gasteiger charge is -2.30. The summed E-state index contributed by atoms with van der Waals surface area (Å²) in [5, 5.41) is 9.03. The highest BCUT2D eigenvalue weighted by Gasteiger charge is 2.22. The number of para-hydroxylation sites is 2. The first-order valence-corrected chi connectivity index (χ1v) is 6.74. The third-order valence-corrected chi connectivity index (χ3v) is 3.29. The Morgan fingerprint density at radius 2 is 1.90 bits per heavy atom. The Morgan fingerprint density at radius 1 is 1.24 bits per heavy atom. The van der Waals surface area contributed by atoms with E-state index in [4.69, 9.17) is 15.6 Å². The Balaban J connectivity index is 2.11. The van der Waals surface area contributed by atoms with Gasteiger partial charge in [-0.2, -0.15) is 0 Å². The van der Waals surface area contributed by atoms with Gasteiger partial charge in [0, 0.05) is 13.1 Å². The number of morpholine rings is 1. The minimum Gasteiger partial charge on any atom is -0.480 e. The van der Waals surface area contributed by atoms with Gasteiger partial charge in [-0.15, -0.1) is 0 Å². The van der Waals surface area contributed by atoms with Crippen molar-refractivity contribution in [1.29, 1.82) is 0 Å². The van der Waals surface area contributed by atoms with Crippen LogP contribution in [0.5, 0.6) is 0 Å². The molecule has 0 aromatic heterocycles. The van der Waals surface area contributed by atoms with Crippen LogP contribution in [0.4, 0.5) is 11.4 Å². The molecule has 1 aliphatic heterocycles. The van der Waals surface area contributed by atoms with Crippen molar-refractivity contribution in [2.45, 2.75) is 0 Å². The number of amides is 1. The number of carboxylic acids is 1. The lowest BCUT2D eigenvalue weighted by molar-refractivity contribution is -0.135. The number of nitrogen functional groups attached to an aromatic ring is 1. The van der Waals surface area contributed by atoms with E-state index >= 15 is 0 Å². The molecule has 0 bridgehead atoms. The molecular weight excluding hydrogens is 274 g/mol. The first-order chi connectivity index (χ1) is 10.1. The van der Waals surface area contributed by atoms with Crippen LogP contribution in [-0.2, 0) is 14.3 Å². The molecule has 0 aliphatic carbocycles. The number of hydrogen-bond acceptors (Lipinski definition) is 5. The number of carboxylic acid groups (broad SMARTS) is 1. The summed E-state index contributed by atoms with van der Waals surface area (Å²) in [5.74, 6) is -1.13. The van der Waals surface area contributed by atoms with E-state index in [9.17, 15) is 9.59 Å². The van der Waals surface area contributed by atoms with Crippen LogP contribution in [0.1, 0.15) is 0 Å². The molecular formula is C14H19N3O4. The predicted molar refractivity (Wildman–Crippen MR) is 78.1 cm³/mol. The van der Waals surface area contributed by atoms with Gasteiger partial charge in [0.1, 0.15) is 6.54 Å². The molecule has 2 rings (SSSR count). The fourth-order valence-electron chi connectivity index (χ4n) is 2.24. The standard InChI is InChI=1S/C14H19N3O4/c15-11-3-1-2-4-12(11)17(10-14(19)20)9-13(18)16-5-7-21-8-6-16/h1-4H,5-10,15H2,(H,19,20). The second kappa shape index (κ2) is 6.94. The van der Waals surface area contributed by atoms with Gasteiger partial charge >= 0.3 is 5.97 Å². The molecule has 0 spiro atoms. The summed E-state index contributed by atoms with van der Waals surface area (Å²) in [6, 6.07) is 6.93. The molecule has 7 heteroatoms. The molecule has 1 fully saturated rings. The normalized spacial score (nSPS) is 14.8. The maximum absolute atomic E-state index is 12.3. The van der Waals surface area contributed by atoms with Crippen LogP contribution < -0.4 is 10.6 Å². The molecule has 1 aliphatic rings. The third-order valence-electron chi connectivity index (χ3n) is 3.29. The van der Waals surface area contributed by atoms with Crippen molar-refractivity contribution in [1.82, 2.24) is 4.90 Å². The van der Waals surface area contributed by atoms with Crippen molar-refractivity contribution in [3.63, 3.8) is 0 Å². The maximum Gasteiger partial charge on any atom is 0.323 e. The zero-order chi connectivity index (χ0) is 15.2. The second-order valence-electron chi connectivity index (χ2n) is 4.80. The number of carbonyl (C=O) groups excluding carboxylic acids is 1. The quantitative estimate of drug-likeness (QED) is 0.743. The summed E-state index contributed by atoms with van der Waals surface area (Å²) < 4.78 is 5.20. The molecule has 7 nitrogen and oxygen atoms in total. The molecule has 0 radical (unpaired) electrons. The SMILES string of the molecule is Nc1ccccc1N(CC(=O)O)CC(=O)N1CCOCC1. The molecule has 1 saturated heterocycles. The monoisotopic (exact) mass is 293 g/mol. The van der Waals surface area contributed by atoms with E-state index < -0.39 is 5.97 Å². The number of nitrogens with two attached hydrogens (primary N) is 1. The first-order valence-electron chi connectivity index (χ1n) is 6.74. The number of carbonyl (C=O) groups is 2. The van der Waals surface area contributed by atoms with Crippen molar-refractivity contribution < 1.29 is 19.4 Å². The highest BCUT2D eigenvalue weighted by molar-refractivity contribution is 5.86. The van der Waals surface area contributed by atoms with Gasteiger partial charge in [-0.05, 0) is 12.1 Å². The number of nitrogens with zero attached hydrogens (tertiary/aromatic N) is 2. The number of ether oxygens (including phenoxy) is 1. The molecule has 3 N–H and O–H groups in total. The molecule has 0 atom stereocenters. The number of anilines is 2. The Morgan fingerprint density at radius 3 is 2.52 bits per heavy atom. The van der Waals surface area contributed by atoms with Crippen LogP contribution in [0.3, 0.4) is 0 Å². The van der Waals surface area contributed by atoms with Crippen LogP contribution in [-0.4, -0.2) is 61.3 Å². The fraction of sp³-hybridized carbons (Fsp3) is 0.429. The van der Waals surface area contributed by atoms with Gasteiger partial charge in [-0.3, -0.25) is 9.59 Å². The zero-order valence-electron chi connectivity index (χ0n) is 11.7. The Kier molecular flexibility index (Phi) is 4.99. The second-order valence-corrected chi connectivity index (χ2v) is 4.80. The predicted octanol–water partition coefficient (Wildman–Crippen LogP) is 0.0186. The van der Waals surface area contributed by atoms with E-state index in [1.165, 1.54) is 4.90 Å². The minimum absolute atomic E-state index is 0.0134. The van der Waals surface area contributed by atoms with Gasteiger partial charge in [0.05, 0.1) is 31.1 Å². The van der Waals surface area contributed by atoms with Gasteiger partial charge in [-0.25, -0.2) is 0 Å². The zero-order valence-corrected chi connectivity index (χ0v) is 11.7. The van der Waals surface area contributed by atoms with E-state index in [0.717, 1.165) is 0 Å². The van der Waals surface area contributed by atoms with Gasteiger partial charge in [0.15, 0.2) is 0 Å². The van der Waals surface area contributed by atoms with E-state index in [2.05, 4.69) is 0 Å². The van der Waals surface area contributed by atoms with Crippen LogP contribution >= 0.6 is 0 Å². The average Bonchev–Trinajstić information content (AvgIpc) is 2.47. The number of aliphatic carboxylic acids is 1. The molecule has 1 aromatic carbocycles. The summed E-state index contributed by atoms with van der Waals surface area (Å²) >= 11 is 0. The molecule has 1 amide bonds. The fourth-order valence-corrected chi connectivity index (χ4v) is 2.24. The lowest BCUT2D eigenvalue weighted by atomic mass is 10.2. The summed E-state index contributed by atoms with van der Waals surface area (Å²) in [5.41, 5.74) is 6.88. The third kappa shape index (κ3) is 4.09. The molecule has 0 saturated carbocycles. The molecule has 1 aromatic rings. The number of benzene rings is 1. The van der Waals surface area contributed by atoms with Crippen LogP contribution in [0, 0.1) is 0 Å². The van der Waals surface area contributed by atoms with Gasteiger partial charge in [0.25, 0.3) is 0 Å². The summed E-state index contributed by atoms with van der Waals surface area (Å²) in [6.45, 7) is 1.80. The van der Waals surface area contributed by atoms with E-state index in [1.807, 2.05) is 0 Å². The summed E-state index contributed by atoms with van der Waals surface area (Å²) in [4.78, 5) is 26.5. The van der Waals surface area contributed by atoms with Crippen LogP contribution in [0.25, 0.3) is 0 Å². The molecule has 114 valence electrons. The van der Waals surface area contributed by atoms with Crippen molar-refractivity contribution in [2.24, 2.45) is 0 Å². The van der Waals surface area contributed by atoms with Crippen molar-refractivity contribution >= 4 is 23.3 Å².